The number of benzene rings is 2. The number of methoxy groups -OCH3 is 2. The molecule has 2 atom stereocenters. The first kappa shape index (κ1) is 30.5. The molecule has 0 unspecified atom stereocenters. The molecule has 0 aliphatic carbocycles. The van der Waals surface area contributed by atoms with E-state index in [2.05, 4.69) is 15.3 Å². The van der Waals surface area contributed by atoms with Crippen LogP contribution in [0.15, 0.2) is 60.7 Å². The second-order valence-electron chi connectivity index (χ2n) is 7.93. The van der Waals surface area contributed by atoms with E-state index in [4.69, 9.17) is 29.8 Å². The van der Waals surface area contributed by atoms with Gasteiger partial charge in [-0.25, -0.2) is 4.79 Å². The second-order valence-corrected chi connectivity index (χ2v) is 7.93. The minimum atomic E-state index is -0.963. The molecule has 208 valence electrons. The molecule has 3 aromatic rings. The predicted molar refractivity (Wildman–Crippen MR) is 141 cm³/mol. The van der Waals surface area contributed by atoms with Gasteiger partial charge in [-0.3, -0.25) is 9.59 Å². The fraction of sp³-hybridized carbons (Fsp3) is 0.296. The maximum Gasteiger partial charge on any atom is 0.328 e. The summed E-state index contributed by atoms with van der Waals surface area (Å²) in [7, 11) is 2.91. The Bertz CT molecular complexity index is 1220. The predicted octanol–water partition coefficient (Wildman–Crippen LogP) is 2.61. The van der Waals surface area contributed by atoms with Gasteiger partial charge in [-0.05, 0) is 31.5 Å². The highest BCUT2D eigenvalue weighted by atomic mass is 16.5. The monoisotopic (exact) mass is 540 g/mol. The Kier molecular flexibility index (Phi) is 12.1. The molecule has 1 heterocycles. The first-order valence-corrected chi connectivity index (χ1v) is 11.9. The lowest BCUT2D eigenvalue weighted by atomic mass is 10.1. The van der Waals surface area contributed by atoms with Crippen LogP contribution in [0.5, 0.6) is 23.5 Å². The Morgan fingerprint density at radius 3 is 2.08 bits per heavy atom. The average Bonchev–Trinajstić information content (AvgIpc) is 2.93. The van der Waals surface area contributed by atoms with Gasteiger partial charge in [0, 0.05) is 6.42 Å². The zero-order chi connectivity index (χ0) is 28.8. The van der Waals surface area contributed by atoms with Gasteiger partial charge in [-0.15, -0.1) is 0 Å². The summed E-state index contributed by atoms with van der Waals surface area (Å²) in [6.07, 6.45) is 0.282. The van der Waals surface area contributed by atoms with Crippen molar-refractivity contribution in [2.45, 2.75) is 32.4 Å². The summed E-state index contributed by atoms with van der Waals surface area (Å²) >= 11 is 0. The van der Waals surface area contributed by atoms with Crippen molar-refractivity contribution in [1.82, 2.24) is 15.3 Å². The number of para-hydroxylation sites is 1. The van der Waals surface area contributed by atoms with Crippen LogP contribution in [0, 0.1) is 0 Å². The summed E-state index contributed by atoms with van der Waals surface area (Å²) in [5.74, 6) is -1.31. The van der Waals surface area contributed by atoms with E-state index in [0.717, 1.165) is 5.56 Å². The van der Waals surface area contributed by atoms with Gasteiger partial charge in [0.2, 0.25) is 11.8 Å². The van der Waals surface area contributed by atoms with Crippen LogP contribution in [0.4, 0.5) is 0 Å². The molecule has 2 aromatic carbocycles. The lowest BCUT2D eigenvalue weighted by Gasteiger charge is -2.18. The van der Waals surface area contributed by atoms with Crippen LogP contribution in [0.3, 0.4) is 0 Å². The molecule has 0 saturated heterocycles. The van der Waals surface area contributed by atoms with Gasteiger partial charge < -0.3 is 35.1 Å². The van der Waals surface area contributed by atoms with E-state index < -0.39 is 29.9 Å². The van der Waals surface area contributed by atoms with Crippen LogP contribution in [0.25, 0.3) is 0 Å². The van der Waals surface area contributed by atoms with Crippen LogP contribution in [-0.4, -0.2) is 65.8 Å². The molecule has 12 heteroatoms. The van der Waals surface area contributed by atoms with Gasteiger partial charge >= 0.3 is 17.9 Å². The smallest absolute Gasteiger partial charge is 0.328 e. The van der Waals surface area contributed by atoms with Gasteiger partial charge in [0.25, 0.3) is 5.91 Å². The van der Waals surface area contributed by atoms with Gasteiger partial charge in [0.15, 0.2) is 0 Å². The number of hydrogen-bond acceptors (Lipinski definition) is 10. The number of rotatable bonds is 11. The van der Waals surface area contributed by atoms with E-state index in [0.29, 0.717) is 0 Å². The third-order valence-electron chi connectivity index (χ3n) is 4.96. The van der Waals surface area contributed by atoms with E-state index in [-0.39, 0.29) is 42.1 Å². The summed E-state index contributed by atoms with van der Waals surface area (Å²) in [4.78, 5) is 43.5. The molecular weight excluding hydrogens is 508 g/mol. The Morgan fingerprint density at radius 2 is 1.54 bits per heavy atom. The highest BCUT2D eigenvalue weighted by Crippen LogP contribution is 2.26. The summed E-state index contributed by atoms with van der Waals surface area (Å²) in [6.45, 7) is 3.34. The number of carboxylic acid groups (broad SMARTS) is 1. The number of carboxylic acids is 1. The van der Waals surface area contributed by atoms with E-state index >= 15 is 0 Å². The number of nitrogens with zero attached hydrogens (tertiary/aromatic N) is 2. The lowest BCUT2D eigenvalue weighted by molar-refractivity contribution is -0.145. The molecule has 1 amide bonds. The first-order chi connectivity index (χ1) is 18.7. The van der Waals surface area contributed by atoms with E-state index in [1.54, 1.807) is 31.2 Å². The van der Waals surface area contributed by atoms with Crippen LogP contribution in [-0.2, 0) is 20.7 Å². The third kappa shape index (κ3) is 9.93. The number of esters is 1. The first-order valence-electron chi connectivity index (χ1n) is 11.9. The molecule has 12 nitrogen and oxygen atoms in total. The Labute approximate surface area is 226 Å². The number of amides is 1. The third-order valence-corrected chi connectivity index (χ3v) is 4.96. The second kappa shape index (κ2) is 15.5. The molecule has 0 bridgehead atoms. The average molecular weight is 541 g/mol. The van der Waals surface area contributed by atoms with E-state index in [9.17, 15) is 14.4 Å². The molecule has 0 aliphatic heterocycles. The number of carbonyl (C=O) groups is 3. The molecule has 0 radical (unpaired) electrons. The molecule has 0 spiro atoms. The zero-order valence-electron chi connectivity index (χ0n) is 22.1. The molecule has 0 aliphatic rings. The fourth-order valence-electron chi connectivity index (χ4n) is 3.00. The standard InChI is InChI=1S/C24H25N3O6.C3H7NO2/c1-4-32-23(29)18(14-16-10-6-5-7-11-16)25-22(28)17-12-8-9-13-19(17)33-24-26-20(30-2)15-21(27-24)31-3;1-2(4)3(5)6/h5-13,15,18H,4,14H2,1-3H3,(H,25,28);2H,4H2,1H3,(H,5,6)/t18-;2-/m00/s1. The van der Waals surface area contributed by atoms with Crippen molar-refractivity contribution < 1.29 is 38.4 Å². The topological polar surface area (TPSA) is 172 Å². The van der Waals surface area contributed by atoms with Crippen molar-refractivity contribution in [3.63, 3.8) is 0 Å². The molecule has 39 heavy (non-hydrogen) atoms. The number of aromatic nitrogens is 2. The van der Waals surface area contributed by atoms with Crippen LogP contribution in [0.2, 0.25) is 0 Å². The van der Waals surface area contributed by atoms with Crippen molar-refractivity contribution in [2.75, 3.05) is 20.8 Å². The van der Waals surface area contributed by atoms with Gasteiger partial charge in [0.1, 0.15) is 17.8 Å². The van der Waals surface area contributed by atoms with E-state index in [1.807, 2.05) is 30.3 Å². The Morgan fingerprint density at radius 1 is 0.974 bits per heavy atom. The normalized spacial score (nSPS) is 11.6. The molecule has 1 aromatic heterocycles. The minimum Gasteiger partial charge on any atom is -0.481 e. The van der Waals surface area contributed by atoms with Crippen LogP contribution >= 0.6 is 0 Å². The summed E-state index contributed by atoms with van der Waals surface area (Å²) < 4.78 is 21.2. The SMILES string of the molecule is CCOC(=O)[C@H](Cc1ccccc1)NC(=O)c1ccccc1Oc1nc(OC)cc(OC)n1.C[C@H](N)C(=O)O. The number of hydrogen-bond donors (Lipinski definition) is 3. The summed E-state index contributed by atoms with van der Waals surface area (Å²) in [5, 5.41) is 10.6. The number of nitrogens with one attached hydrogen (secondary N) is 1. The number of carbonyl (C=O) groups excluding carboxylic acids is 2. The lowest BCUT2D eigenvalue weighted by Crippen LogP contribution is -2.43. The molecule has 0 fully saturated rings. The van der Waals surface area contributed by atoms with Crippen molar-refractivity contribution in [1.29, 1.82) is 0 Å². The van der Waals surface area contributed by atoms with Gasteiger partial charge in [-0.2, -0.15) is 9.97 Å². The maximum absolute atomic E-state index is 13.1. The zero-order valence-corrected chi connectivity index (χ0v) is 22.1. The van der Waals surface area contributed by atoms with Crippen LogP contribution in [0.1, 0.15) is 29.8 Å². The number of ether oxygens (including phenoxy) is 4. The van der Waals surface area contributed by atoms with E-state index in [1.165, 1.54) is 27.2 Å². The van der Waals surface area contributed by atoms with Gasteiger partial charge in [0.05, 0.1) is 32.5 Å². The van der Waals surface area contributed by atoms with Crippen molar-refractivity contribution >= 4 is 17.8 Å². The maximum atomic E-state index is 13.1. The van der Waals surface area contributed by atoms with Crippen molar-refractivity contribution in [3.05, 3.63) is 71.8 Å². The molecule has 4 N–H and O–H groups in total. The quantitative estimate of drug-likeness (QED) is 0.305. The molecular formula is C27H32N4O8. The van der Waals surface area contributed by atoms with Crippen molar-refractivity contribution in [2.24, 2.45) is 5.73 Å². The van der Waals surface area contributed by atoms with Gasteiger partial charge in [-0.1, -0.05) is 42.5 Å². The van der Waals surface area contributed by atoms with Crippen LogP contribution < -0.4 is 25.3 Å². The Balaban J connectivity index is 0.000000798. The number of aliphatic carboxylic acids is 1. The van der Waals surface area contributed by atoms with Crippen molar-refractivity contribution in [3.8, 4) is 23.5 Å². The largest absolute Gasteiger partial charge is 0.481 e. The minimum absolute atomic E-state index is 0.0577. The number of nitrogens with two attached hydrogens (primary N) is 1. The summed E-state index contributed by atoms with van der Waals surface area (Å²) in [5.41, 5.74) is 5.92. The fourth-order valence-corrected chi connectivity index (χ4v) is 3.00. The molecule has 0 saturated carbocycles. The highest BCUT2D eigenvalue weighted by molar-refractivity contribution is 5.99. The summed E-state index contributed by atoms with van der Waals surface area (Å²) in [6, 6.07) is 15.8. The Hall–Kier alpha value is -4.71. The highest BCUT2D eigenvalue weighted by Gasteiger charge is 2.25. The molecule has 3 rings (SSSR count).